The third kappa shape index (κ3) is 5.97. The van der Waals surface area contributed by atoms with Gasteiger partial charge in [0.25, 0.3) is 0 Å². The van der Waals surface area contributed by atoms with Crippen LogP contribution < -0.4 is 10.0 Å². The number of amides is 1. The van der Waals surface area contributed by atoms with Crippen molar-refractivity contribution in [3.8, 4) is 0 Å². The van der Waals surface area contributed by atoms with Crippen LogP contribution >= 0.6 is 0 Å². The van der Waals surface area contributed by atoms with E-state index in [1.165, 1.54) is 18.2 Å². The highest BCUT2D eigenvalue weighted by Crippen LogP contribution is 2.12. The number of nitrogens with zero attached hydrogens (tertiary/aromatic N) is 2. The van der Waals surface area contributed by atoms with Crippen molar-refractivity contribution in [1.29, 1.82) is 0 Å². The maximum atomic E-state index is 13.6. The number of sulfonamides is 1. The fourth-order valence-corrected chi connectivity index (χ4v) is 3.78. The molecule has 3 aromatic rings. The Morgan fingerprint density at radius 1 is 1.03 bits per heavy atom. The molecule has 1 heterocycles. The lowest BCUT2D eigenvalue weighted by molar-refractivity contribution is -0.121. The molecule has 1 amide bonds. The summed E-state index contributed by atoms with van der Waals surface area (Å²) in [6, 6.07) is 14.7. The zero-order valence-corrected chi connectivity index (χ0v) is 16.4. The van der Waals surface area contributed by atoms with Gasteiger partial charge in [-0.2, -0.15) is 5.10 Å². The van der Waals surface area contributed by atoms with Gasteiger partial charge in [0, 0.05) is 31.9 Å². The molecule has 0 bridgehead atoms. The Morgan fingerprint density at radius 2 is 1.76 bits per heavy atom. The molecule has 2 aromatic carbocycles. The van der Waals surface area contributed by atoms with Crippen LogP contribution in [0.4, 0.5) is 4.39 Å². The molecule has 1 aromatic heterocycles. The molecule has 0 unspecified atom stereocenters. The molecule has 0 aliphatic rings. The minimum absolute atomic E-state index is 0.0505. The van der Waals surface area contributed by atoms with Crippen LogP contribution in [0, 0.1) is 5.82 Å². The average Bonchev–Trinajstić information content (AvgIpc) is 3.20. The fraction of sp³-hybridized carbons (Fsp3) is 0.200. The van der Waals surface area contributed by atoms with Crippen molar-refractivity contribution in [1.82, 2.24) is 19.8 Å². The molecule has 0 spiro atoms. The van der Waals surface area contributed by atoms with Crippen LogP contribution in [0.1, 0.15) is 17.5 Å². The quantitative estimate of drug-likeness (QED) is 0.558. The molecule has 0 saturated heterocycles. The van der Waals surface area contributed by atoms with Gasteiger partial charge in [-0.1, -0.05) is 36.4 Å². The summed E-state index contributed by atoms with van der Waals surface area (Å²) >= 11 is 0. The summed E-state index contributed by atoms with van der Waals surface area (Å²) in [6.45, 7) is 0.883. The number of benzene rings is 2. The first kappa shape index (κ1) is 20.7. The fourth-order valence-electron chi connectivity index (χ4n) is 2.67. The van der Waals surface area contributed by atoms with E-state index in [4.69, 9.17) is 0 Å². The van der Waals surface area contributed by atoms with Gasteiger partial charge in [0.1, 0.15) is 10.7 Å². The van der Waals surface area contributed by atoms with Gasteiger partial charge in [0.05, 0.1) is 6.54 Å². The zero-order chi connectivity index (χ0) is 20.7. The highest BCUT2D eigenvalue weighted by atomic mass is 32.2. The van der Waals surface area contributed by atoms with Crippen molar-refractivity contribution in [3.63, 3.8) is 0 Å². The summed E-state index contributed by atoms with van der Waals surface area (Å²) in [5, 5.41) is 6.89. The number of aromatic nitrogens is 2. The number of carbonyl (C=O) groups is 1. The molecule has 7 nitrogen and oxygen atoms in total. The number of carbonyl (C=O) groups excluding carboxylic acids is 1. The number of hydrogen-bond donors (Lipinski definition) is 2. The third-order valence-corrected chi connectivity index (χ3v) is 5.68. The van der Waals surface area contributed by atoms with Gasteiger partial charge in [-0.3, -0.25) is 9.48 Å². The van der Waals surface area contributed by atoms with E-state index in [9.17, 15) is 17.6 Å². The van der Waals surface area contributed by atoms with E-state index in [0.717, 1.165) is 17.2 Å². The lowest BCUT2D eigenvalue weighted by Crippen LogP contribution is -2.31. The normalized spacial score (nSPS) is 11.3. The van der Waals surface area contributed by atoms with Gasteiger partial charge < -0.3 is 5.32 Å². The van der Waals surface area contributed by atoms with Crippen LogP contribution in [0.2, 0.25) is 0 Å². The Kier molecular flexibility index (Phi) is 6.73. The van der Waals surface area contributed by atoms with Crippen molar-refractivity contribution in [2.24, 2.45) is 0 Å². The molecule has 2 N–H and O–H groups in total. The van der Waals surface area contributed by atoms with Crippen LogP contribution in [0.25, 0.3) is 0 Å². The second-order valence-corrected chi connectivity index (χ2v) is 8.11. The molecular formula is C20H21FN4O3S. The predicted octanol–water partition coefficient (Wildman–Crippen LogP) is 2.06. The summed E-state index contributed by atoms with van der Waals surface area (Å²) in [6.07, 6.45) is 3.56. The van der Waals surface area contributed by atoms with Crippen molar-refractivity contribution < 1.29 is 17.6 Å². The Bertz CT molecular complexity index is 1050. The van der Waals surface area contributed by atoms with E-state index in [0.29, 0.717) is 13.1 Å². The lowest BCUT2D eigenvalue weighted by Gasteiger charge is -2.09. The third-order valence-electron chi connectivity index (χ3n) is 4.19. The summed E-state index contributed by atoms with van der Waals surface area (Å²) in [7, 11) is -3.99. The predicted molar refractivity (Wildman–Crippen MR) is 106 cm³/mol. The first-order valence-corrected chi connectivity index (χ1v) is 10.5. The lowest BCUT2D eigenvalue weighted by atomic mass is 10.1. The van der Waals surface area contributed by atoms with E-state index in [1.807, 2.05) is 41.2 Å². The maximum Gasteiger partial charge on any atom is 0.243 e. The number of nitrogens with one attached hydrogen (secondary N) is 2. The SMILES string of the molecule is O=C(CCNS(=O)(=O)c1ccccc1F)NCc1ccc(Cn2cccn2)cc1. The molecule has 0 aliphatic heterocycles. The molecule has 29 heavy (non-hydrogen) atoms. The summed E-state index contributed by atoms with van der Waals surface area (Å²) in [5.41, 5.74) is 2.01. The first-order valence-electron chi connectivity index (χ1n) is 9.00. The van der Waals surface area contributed by atoms with Gasteiger partial charge in [0.15, 0.2) is 0 Å². The minimum atomic E-state index is -3.99. The largest absolute Gasteiger partial charge is 0.352 e. The van der Waals surface area contributed by atoms with Crippen LogP contribution in [0.5, 0.6) is 0 Å². The molecule has 0 radical (unpaired) electrons. The second kappa shape index (κ2) is 9.44. The Morgan fingerprint density at radius 3 is 2.45 bits per heavy atom. The molecule has 0 aliphatic carbocycles. The van der Waals surface area contributed by atoms with Crippen LogP contribution in [-0.4, -0.2) is 30.7 Å². The molecule has 152 valence electrons. The standard InChI is InChI=1S/C20H21FN4O3S/c21-18-4-1-2-5-19(18)29(27,28)24-12-10-20(26)22-14-16-6-8-17(9-7-16)15-25-13-3-11-23-25/h1-9,11,13,24H,10,12,14-15H2,(H,22,26). The van der Waals surface area contributed by atoms with Crippen molar-refractivity contribution >= 4 is 15.9 Å². The highest BCUT2D eigenvalue weighted by molar-refractivity contribution is 7.89. The molecule has 3 rings (SSSR count). The molecular weight excluding hydrogens is 395 g/mol. The Hall–Kier alpha value is -3.04. The van der Waals surface area contributed by atoms with Crippen molar-refractivity contribution in [2.75, 3.05) is 6.54 Å². The Balaban J connectivity index is 1.42. The molecule has 0 fully saturated rings. The summed E-state index contributed by atoms with van der Waals surface area (Å²) in [5.74, 6) is -1.14. The van der Waals surface area contributed by atoms with Gasteiger partial charge in [0.2, 0.25) is 15.9 Å². The van der Waals surface area contributed by atoms with Gasteiger partial charge in [-0.05, 0) is 29.3 Å². The summed E-state index contributed by atoms with van der Waals surface area (Å²) < 4.78 is 41.8. The van der Waals surface area contributed by atoms with Crippen molar-refractivity contribution in [2.45, 2.75) is 24.4 Å². The van der Waals surface area contributed by atoms with Crippen LogP contribution in [-0.2, 0) is 27.9 Å². The zero-order valence-electron chi connectivity index (χ0n) is 15.6. The topological polar surface area (TPSA) is 93.1 Å². The number of hydrogen-bond acceptors (Lipinski definition) is 4. The highest BCUT2D eigenvalue weighted by Gasteiger charge is 2.18. The smallest absolute Gasteiger partial charge is 0.243 e. The van der Waals surface area contributed by atoms with Gasteiger partial charge >= 0.3 is 0 Å². The van der Waals surface area contributed by atoms with E-state index in [2.05, 4.69) is 15.1 Å². The molecule has 0 atom stereocenters. The monoisotopic (exact) mass is 416 g/mol. The van der Waals surface area contributed by atoms with Gasteiger partial charge in [-0.25, -0.2) is 17.5 Å². The van der Waals surface area contributed by atoms with E-state index in [-0.39, 0.29) is 18.9 Å². The molecule has 9 heteroatoms. The van der Waals surface area contributed by atoms with Crippen molar-refractivity contribution in [3.05, 3.63) is 83.9 Å². The number of rotatable bonds is 9. The second-order valence-electron chi connectivity index (χ2n) is 6.38. The van der Waals surface area contributed by atoms with E-state index < -0.39 is 20.7 Å². The maximum absolute atomic E-state index is 13.6. The van der Waals surface area contributed by atoms with E-state index >= 15 is 0 Å². The van der Waals surface area contributed by atoms with Crippen LogP contribution in [0.3, 0.4) is 0 Å². The van der Waals surface area contributed by atoms with E-state index in [1.54, 1.807) is 6.20 Å². The van der Waals surface area contributed by atoms with Gasteiger partial charge in [-0.15, -0.1) is 0 Å². The average molecular weight is 416 g/mol. The van der Waals surface area contributed by atoms with Crippen LogP contribution in [0.15, 0.2) is 71.9 Å². The molecule has 0 saturated carbocycles. The summed E-state index contributed by atoms with van der Waals surface area (Å²) in [4.78, 5) is 11.5. The minimum Gasteiger partial charge on any atom is -0.352 e. The first-order chi connectivity index (χ1) is 13.9. The number of halogens is 1. The Labute approximate surface area is 168 Å².